The van der Waals surface area contributed by atoms with Crippen LogP contribution in [0.3, 0.4) is 0 Å². The zero-order valence-electron chi connectivity index (χ0n) is 18.1. The molecule has 4 rings (SSSR count). The third-order valence-corrected chi connectivity index (χ3v) is 5.04. The molecule has 0 spiro atoms. The van der Waals surface area contributed by atoms with Crippen molar-refractivity contribution in [3.63, 3.8) is 0 Å². The van der Waals surface area contributed by atoms with Gasteiger partial charge in [-0.05, 0) is 26.2 Å². The molecule has 0 unspecified atom stereocenters. The minimum absolute atomic E-state index is 0.0353. The number of likely N-dealkylation sites (N-methyl/N-ethyl adjacent to an activating group) is 1. The number of fused-ring (bicyclic) bond motifs is 1. The maximum Gasteiger partial charge on any atom is 0.290 e. The number of carbonyl (C=O) groups excluding carboxylic acids is 1. The maximum atomic E-state index is 13.4. The minimum atomic E-state index is -0.330. The third kappa shape index (κ3) is 5.01. The quantitative estimate of drug-likeness (QED) is 0.558. The Hall–Kier alpha value is -3.57. The molecule has 3 heterocycles. The second-order valence-electron chi connectivity index (χ2n) is 7.60. The summed E-state index contributed by atoms with van der Waals surface area (Å²) in [6.45, 7) is 1.21. The summed E-state index contributed by atoms with van der Waals surface area (Å²) in [6, 6.07) is 6.66. The van der Waals surface area contributed by atoms with Gasteiger partial charge in [0.1, 0.15) is 0 Å². The number of amides is 1. The molecule has 32 heavy (non-hydrogen) atoms. The lowest BCUT2D eigenvalue weighted by Gasteiger charge is -2.41. The van der Waals surface area contributed by atoms with Crippen LogP contribution < -0.4 is 5.56 Å². The largest absolute Gasteiger partial charge is 0.483 e. The van der Waals surface area contributed by atoms with E-state index in [4.69, 9.17) is 14.6 Å². The van der Waals surface area contributed by atoms with Crippen LogP contribution in [0.25, 0.3) is 10.9 Å². The van der Waals surface area contributed by atoms with Gasteiger partial charge in [-0.15, -0.1) is 0 Å². The van der Waals surface area contributed by atoms with Gasteiger partial charge in [0.25, 0.3) is 17.9 Å². The highest BCUT2D eigenvalue weighted by Gasteiger charge is 2.38. The van der Waals surface area contributed by atoms with Gasteiger partial charge in [0.2, 0.25) is 0 Å². The van der Waals surface area contributed by atoms with Crippen LogP contribution in [0.2, 0.25) is 0 Å². The van der Waals surface area contributed by atoms with E-state index in [1.807, 2.05) is 32.2 Å². The van der Waals surface area contributed by atoms with E-state index in [0.717, 1.165) is 5.56 Å². The van der Waals surface area contributed by atoms with E-state index in [9.17, 15) is 9.59 Å². The van der Waals surface area contributed by atoms with E-state index in [-0.39, 0.29) is 35.9 Å². The summed E-state index contributed by atoms with van der Waals surface area (Å²) in [7, 11) is 5.77. The predicted octanol–water partition coefficient (Wildman–Crippen LogP) is 0.501. The Morgan fingerprint density at radius 3 is 2.75 bits per heavy atom. The normalized spacial score (nSPS) is 18.3. The van der Waals surface area contributed by atoms with Gasteiger partial charge in [-0.1, -0.05) is 12.1 Å². The van der Waals surface area contributed by atoms with Crippen LogP contribution in [-0.4, -0.2) is 86.9 Å². The zero-order valence-corrected chi connectivity index (χ0v) is 18.1. The third-order valence-electron chi connectivity index (χ3n) is 5.04. The number of rotatable bonds is 4. The molecule has 3 aromatic rings. The van der Waals surface area contributed by atoms with Gasteiger partial charge in [0.15, 0.2) is 5.82 Å². The van der Waals surface area contributed by atoms with Gasteiger partial charge in [0, 0.05) is 31.9 Å². The number of aromatic amines is 1. The first-order chi connectivity index (χ1) is 15.3. The molecule has 0 aliphatic carbocycles. The first-order valence-electron chi connectivity index (χ1n) is 9.98. The topological polar surface area (TPSA) is 134 Å². The molecule has 1 fully saturated rings. The fourth-order valence-corrected chi connectivity index (χ4v) is 3.78. The number of aromatic nitrogens is 4. The lowest BCUT2D eigenvalue weighted by molar-refractivity contribution is -0.122. The molecule has 11 nitrogen and oxygen atoms in total. The molecule has 1 aliphatic rings. The Kier molecular flexibility index (Phi) is 7.33. The average molecular weight is 442 g/mol. The Morgan fingerprint density at radius 1 is 1.38 bits per heavy atom. The molecule has 0 radical (unpaired) electrons. The standard InChI is InChI=1S/C20H24N6O3.CH2O2/c1-24(2)12-16-17(13-10-21-25(3)11-13)26(8-9-29-16)20(28)18-22-15-7-5-4-6-14(15)19(27)23-18;2-1-3/h4-7,10-11,16-17H,8-9,12H2,1-3H3,(H,22,23,27);1H,(H,2,3)/t16-,17-;/m0./s1. The van der Waals surface area contributed by atoms with Crippen molar-refractivity contribution in [2.75, 3.05) is 33.8 Å². The SMILES string of the molecule is CN(C)C[C@@H]1OCCN(C(=O)c2nc3ccccc3c(=O)[nH]2)[C@H]1c1cnn(C)c1.O=CO. The molecule has 11 heteroatoms. The number of aryl methyl sites for hydroxylation is 1. The molecule has 1 aromatic carbocycles. The summed E-state index contributed by atoms with van der Waals surface area (Å²) in [6.07, 6.45) is 3.41. The van der Waals surface area contributed by atoms with Crippen molar-refractivity contribution in [2.24, 2.45) is 7.05 Å². The highest BCUT2D eigenvalue weighted by molar-refractivity contribution is 5.93. The molecule has 0 saturated carbocycles. The summed E-state index contributed by atoms with van der Waals surface area (Å²) >= 11 is 0. The van der Waals surface area contributed by atoms with Crippen LogP contribution in [0.5, 0.6) is 0 Å². The smallest absolute Gasteiger partial charge is 0.290 e. The lowest BCUT2D eigenvalue weighted by atomic mass is 10.00. The van der Waals surface area contributed by atoms with Crippen LogP contribution in [-0.2, 0) is 16.6 Å². The van der Waals surface area contributed by atoms with Crippen LogP contribution in [0, 0.1) is 0 Å². The van der Waals surface area contributed by atoms with E-state index in [0.29, 0.717) is 30.6 Å². The van der Waals surface area contributed by atoms with Crippen LogP contribution in [0.15, 0.2) is 41.5 Å². The Labute approximate surface area is 184 Å². The van der Waals surface area contributed by atoms with E-state index >= 15 is 0 Å². The van der Waals surface area contributed by atoms with Gasteiger partial charge < -0.3 is 24.6 Å². The van der Waals surface area contributed by atoms with Crippen molar-refractivity contribution >= 4 is 23.3 Å². The highest BCUT2D eigenvalue weighted by atomic mass is 16.5. The van der Waals surface area contributed by atoms with E-state index in [1.165, 1.54) is 0 Å². The molecular formula is C21H26N6O5. The number of H-pyrrole nitrogens is 1. The lowest BCUT2D eigenvalue weighted by Crippen LogP contribution is -2.51. The molecular weight excluding hydrogens is 416 g/mol. The molecule has 2 N–H and O–H groups in total. The Morgan fingerprint density at radius 2 is 2.09 bits per heavy atom. The number of para-hydroxylation sites is 1. The number of hydrogen-bond acceptors (Lipinski definition) is 7. The first-order valence-corrected chi connectivity index (χ1v) is 9.98. The zero-order chi connectivity index (χ0) is 23.3. The number of carbonyl (C=O) groups is 2. The van der Waals surface area contributed by atoms with Gasteiger partial charge >= 0.3 is 0 Å². The molecule has 170 valence electrons. The Bertz CT molecular complexity index is 1140. The summed E-state index contributed by atoms with van der Waals surface area (Å²) in [5.41, 5.74) is 1.06. The van der Waals surface area contributed by atoms with E-state index in [1.54, 1.807) is 40.0 Å². The average Bonchev–Trinajstić information content (AvgIpc) is 3.19. The van der Waals surface area contributed by atoms with Crippen LogP contribution in [0.1, 0.15) is 22.2 Å². The number of morpholine rings is 1. The minimum Gasteiger partial charge on any atom is -0.483 e. The summed E-state index contributed by atoms with van der Waals surface area (Å²) in [4.78, 5) is 45.0. The van der Waals surface area contributed by atoms with E-state index in [2.05, 4.69) is 15.1 Å². The fraction of sp³-hybridized carbons (Fsp3) is 0.381. The molecule has 2 aromatic heterocycles. The van der Waals surface area contributed by atoms with Crippen molar-refractivity contribution in [2.45, 2.75) is 12.1 Å². The van der Waals surface area contributed by atoms with Gasteiger partial charge in [-0.3, -0.25) is 19.1 Å². The molecule has 0 bridgehead atoms. The Balaban J connectivity index is 0.000000913. The van der Waals surface area contributed by atoms with Gasteiger partial charge in [-0.2, -0.15) is 5.10 Å². The number of nitrogens with zero attached hydrogens (tertiary/aromatic N) is 5. The van der Waals surface area contributed by atoms with Crippen molar-refractivity contribution in [1.82, 2.24) is 29.5 Å². The molecule has 1 amide bonds. The first kappa shape index (κ1) is 23.1. The van der Waals surface area contributed by atoms with Gasteiger partial charge in [0.05, 0.1) is 35.9 Å². The number of carboxylic acid groups (broad SMARTS) is 1. The second kappa shape index (κ2) is 10.2. The summed E-state index contributed by atoms with van der Waals surface area (Å²) in [5.74, 6) is -0.290. The van der Waals surface area contributed by atoms with Gasteiger partial charge in [-0.25, -0.2) is 4.98 Å². The number of hydrogen-bond donors (Lipinski definition) is 2. The van der Waals surface area contributed by atoms with Crippen molar-refractivity contribution in [3.8, 4) is 0 Å². The summed E-state index contributed by atoms with van der Waals surface area (Å²) < 4.78 is 7.71. The predicted molar refractivity (Wildman–Crippen MR) is 116 cm³/mol. The van der Waals surface area contributed by atoms with Crippen LogP contribution >= 0.6 is 0 Å². The molecule has 2 atom stereocenters. The van der Waals surface area contributed by atoms with Crippen molar-refractivity contribution < 1.29 is 19.4 Å². The number of nitrogens with one attached hydrogen (secondary N) is 1. The fourth-order valence-electron chi connectivity index (χ4n) is 3.78. The monoisotopic (exact) mass is 442 g/mol. The van der Waals surface area contributed by atoms with E-state index < -0.39 is 0 Å². The highest BCUT2D eigenvalue weighted by Crippen LogP contribution is 2.30. The maximum absolute atomic E-state index is 13.4. The summed E-state index contributed by atoms with van der Waals surface area (Å²) in [5, 5.41) is 11.6. The molecule has 1 saturated heterocycles. The second-order valence-corrected chi connectivity index (χ2v) is 7.60. The molecule has 1 aliphatic heterocycles. The van der Waals surface area contributed by atoms with Crippen LogP contribution in [0.4, 0.5) is 0 Å². The van der Waals surface area contributed by atoms with Crippen molar-refractivity contribution in [3.05, 3.63) is 58.4 Å². The van der Waals surface area contributed by atoms with Crippen molar-refractivity contribution in [1.29, 1.82) is 0 Å². The number of ether oxygens (including phenoxy) is 1. The number of benzene rings is 1.